The lowest BCUT2D eigenvalue weighted by atomic mass is 9.97. The Morgan fingerprint density at radius 3 is 2.37 bits per heavy atom. The summed E-state index contributed by atoms with van der Waals surface area (Å²) in [5, 5.41) is 23.1. The molecule has 0 spiro atoms. The van der Waals surface area contributed by atoms with Gasteiger partial charge in [0.25, 0.3) is 0 Å². The first-order valence-electron chi connectivity index (χ1n) is 9.40. The maximum atomic E-state index is 12.5. The first-order valence-corrected chi connectivity index (χ1v) is 9.78. The summed E-state index contributed by atoms with van der Waals surface area (Å²) < 4.78 is 0. The predicted molar refractivity (Wildman–Crippen MR) is 108 cm³/mol. The molecule has 2 amide bonds. The van der Waals surface area contributed by atoms with Crippen LogP contribution in [-0.2, 0) is 25.6 Å². The van der Waals surface area contributed by atoms with Gasteiger partial charge in [0, 0.05) is 43.3 Å². The second-order valence-corrected chi connectivity index (χ2v) is 7.14. The molecule has 0 fully saturated rings. The summed E-state index contributed by atoms with van der Waals surface area (Å²) >= 11 is 6.00. The van der Waals surface area contributed by atoms with E-state index in [0.717, 1.165) is 0 Å². The van der Waals surface area contributed by atoms with Gasteiger partial charge in [0.15, 0.2) is 5.78 Å². The summed E-state index contributed by atoms with van der Waals surface area (Å²) in [7, 11) is 0. The highest BCUT2D eigenvalue weighted by atomic mass is 35.5. The Balaban J connectivity index is 2.71. The first kappa shape index (κ1) is 25.1. The van der Waals surface area contributed by atoms with Gasteiger partial charge in [0.1, 0.15) is 6.04 Å². The monoisotopic (exact) mass is 440 g/mol. The number of hydrogen-bond acceptors (Lipinski definition) is 5. The van der Waals surface area contributed by atoms with Gasteiger partial charge in [-0.25, -0.2) is 4.79 Å². The summed E-state index contributed by atoms with van der Waals surface area (Å²) in [4.78, 5) is 57.3. The van der Waals surface area contributed by atoms with Gasteiger partial charge in [-0.3, -0.25) is 19.2 Å². The average molecular weight is 441 g/mol. The second kappa shape index (κ2) is 12.6. The maximum Gasteiger partial charge on any atom is 0.326 e. The molecule has 164 valence electrons. The molecule has 0 aliphatic heterocycles. The second-order valence-electron chi connectivity index (χ2n) is 6.70. The molecule has 1 rings (SSSR count). The normalized spacial score (nSPS) is 11.4. The Morgan fingerprint density at radius 2 is 1.77 bits per heavy atom. The first-order chi connectivity index (χ1) is 14.1. The number of hydrogen-bond donors (Lipinski definition) is 4. The van der Waals surface area contributed by atoms with Gasteiger partial charge in [-0.15, -0.1) is 0 Å². The highest BCUT2D eigenvalue weighted by Crippen LogP contribution is 2.20. The van der Waals surface area contributed by atoms with Crippen molar-refractivity contribution in [3.05, 3.63) is 34.3 Å². The standard InChI is InChI=1S/C20H25ClN2O7/c1-12(24)22-10-2-3-17(25)15-6-5-14(21)11-13(15)4-8-18(26)23-16(20(29)30)7-9-19(27)28/h5-6,11,16H,2-4,7-10H2,1H3,(H,22,24)(H,23,26)(H,27,28)(H,29,30)/t16-/m0/s1. The molecule has 0 saturated carbocycles. The van der Waals surface area contributed by atoms with Crippen molar-refractivity contribution in [2.75, 3.05) is 6.54 Å². The zero-order valence-corrected chi connectivity index (χ0v) is 17.3. The Bertz CT molecular complexity index is 810. The Hall–Kier alpha value is -2.94. The Labute approximate surface area is 178 Å². The number of Topliss-reactive ketones (excluding diaryl/α,β-unsaturated/α-hetero) is 1. The largest absolute Gasteiger partial charge is 0.481 e. The number of carboxylic acids is 2. The maximum absolute atomic E-state index is 12.5. The number of benzene rings is 1. The molecule has 4 N–H and O–H groups in total. The van der Waals surface area contributed by atoms with Crippen molar-refractivity contribution < 1.29 is 34.2 Å². The molecular weight excluding hydrogens is 416 g/mol. The molecule has 1 aromatic rings. The topological polar surface area (TPSA) is 150 Å². The summed E-state index contributed by atoms with van der Waals surface area (Å²) in [5.74, 6) is -3.38. The number of amides is 2. The van der Waals surface area contributed by atoms with Crippen LogP contribution in [0.1, 0.15) is 54.9 Å². The molecule has 1 aromatic carbocycles. The van der Waals surface area contributed by atoms with Gasteiger partial charge in [0.2, 0.25) is 11.8 Å². The quantitative estimate of drug-likeness (QED) is 0.270. The molecule has 0 saturated heterocycles. The van der Waals surface area contributed by atoms with Crippen LogP contribution in [0, 0.1) is 0 Å². The number of rotatable bonds is 13. The van der Waals surface area contributed by atoms with E-state index < -0.39 is 23.9 Å². The number of carboxylic acid groups (broad SMARTS) is 2. The van der Waals surface area contributed by atoms with Crippen molar-refractivity contribution in [2.24, 2.45) is 0 Å². The Kier molecular flexibility index (Phi) is 10.5. The van der Waals surface area contributed by atoms with Crippen LogP contribution in [-0.4, -0.2) is 52.3 Å². The fourth-order valence-electron chi connectivity index (χ4n) is 2.73. The van der Waals surface area contributed by atoms with E-state index >= 15 is 0 Å². The Morgan fingerprint density at radius 1 is 1.07 bits per heavy atom. The van der Waals surface area contributed by atoms with Crippen LogP contribution in [0.2, 0.25) is 5.02 Å². The lowest BCUT2D eigenvalue weighted by Crippen LogP contribution is -2.41. The van der Waals surface area contributed by atoms with Gasteiger partial charge >= 0.3 is 11.9 Å². The molecule has 9 nitrogen and oxygen atoms in total. The highest BCUT2D eigenvalue weighted by Gasteiger charge is 2.21. The number of nitrogens with one attached hydrogen (secondary N) is 2. The fourth-order valence-corrected chi connectivity index (χ4v) is 2.92. The number of halogens is 1. The highest BCUT2D eigenvalue weighted by molar-refractivity contribution is 6.30. The lowest BCUT2D eigenvalue weighted by Gasteiger charge is -2.14. The van der Waals surface area contributed by atoms with Crippen LogP contribution >= 0.6 is 11.6 Å². The average Bonchev–Trinajstić information content (AvgIpc) is 2.66. The zero-order valence-electron chi connectivity index (χ0n) is 16.6. The smallest absolute Gasteiger partial charge is 0.326 e. The minimum atomic E-state index is -1.32. The number of aryl methyl sites for hydroxylation is 1. The minimum absolute atomic E-state index is 0.0939. The molecule has 0 aromatic heterocycles. The van der Waals surface area contributed by atoms with Crippen molar-refractivity contribution in [3.8, 4) is 0 Å². The number of aliphatic carboxylic acids is 2. The van der Waals surface area contributed by atoms with E-state index in [2.05, 4.69) is 10.6 Å². The van der Waals surface area contributed by atoms with Crippen molar-refractivity contribution in [3.63, 3.8) is 0 Å². The zero-order chi connectivity index (χ0) is 22.7. The van der Waals surface area contributed by atoms with Crippen molar-refractivity contribution in [1.29, 1.82) is 0 Å². The number of carbonyl (C=O) groups is 5. The summed E-state index contributed by atoms with van der Waals surface area (Å²) in [6.07, 6.45) is 0.115. The van der Waals surface area contributed by atoms with Gasteiger partial charge in [-0.05, 0) is 43.0 Å². The predicted octanol–water partition coefficient (Wildman–Crippen LogP) is 1.81. The third kappa shape index (κ3) is 9.51. The van der Waals surface area contributed by atoms with Crippen LogP contribution in [0.3, 0.4) is 0 Å². The van der Waals surface area contributed by atoms with E-state index in [1.54, 1.807) is 18.2 Å². The van der Waals surface area contributed by atoms with E-state index in [-0.39, 0.29) is 43.8 Å². The fraction of sp³-hybridized carbons (Fsp3) is 0.450. The molecule has 10 heteroatoms. The van der Waals surface area contributed by atoms with Crippen LogP contribution in [0.5, 0.6) is 0 Å². The van der Waals surface area contributed by atoms with Gasteiger partial charge in [-0.1, -0.05) is 11.6 Å². The van der Waals surface area contributed by atoms with E-state index in [1.807, 2.05) is 0 Å². The molecular formula is C20H25ClN2O7. The van der Waals surface area contributed by atoms with Crippen molar-refractivity contribution >= 4 is 41.1 Å². The molecule has 0 unspecified atom stereocenters. The number of ketones is 1. The third-order valence-corrected chi connectivity index (χ3v) is 4.46. The van der Waals surface area contributed by atoms with Gasteiger partial charge < -0.3 is 20.8 Å². The third-order valence-electron chi connectivity index (χ3n) is 4.22. The van der Waals surface area contributed by atoms with Gasteiger partial charge in [0.05, 0.1) is 0 Å². The van der Waals surface area contributed by atoms with E-state index in [9.17, 15) is 24.0 Å². The summed E-state index contributed by atoms with van der Waals surface area (Å²) in [5.41, 5.74) is 0.968. The van der Waals surface area contributed by atoms with E-state index in [1.165, 1.54) is 6.92 Å². The van der Waals surface area contributed by atoms with Crippen molar-refractivity contribution in [1.82, 2.24) is 10.6 Å². The van der Waals surface area contributed by atoms with Crippen molar-refractivity contribution in [2.45, 2.75) is 51.5 Å². The van der Waals surface area contributed by atoms with Crippen LogP contribution in [0.15, 0.2) is 18.2 Å². The van der Waals surface area contributed by atoms with E-state index in [4.69, 9.17) is 21.8 Å². The summed E-state index contributed by atoms with van der Waals surface area (Å²) in [6.45, 7) is 1.76. The summed E-state index contributed by atoms with van der Waals surface area (Å²) in [6, 6.07) is 3.42. The van der Waals surface area contributed by atoms with Crippen LogP contribution in [0.25, 0.3) is 0 Å². The minimum Gasteiger partial charge on any atom is -0.481 e. The lowest BCUT2D eigenvalue weighted by molar-refractivity contribution is -0.143. The molecule has 0 heterocycles. The van der Waals surface area contributed by atoms with Crippen LogP contribution < -0.4 is 10.6 Å². The SMILES string of the molecule is CC(=O)NCCCC(=O)c1ccc(Cl)cc1CCC(=O)N[C@@H](CCC(=O)O)C(=O)O. The van der Waals surface area contributed by atoms with Crippen LogP contribution in [0.4, 0.5) is 0 Å². The van der Waals surface area contributed by atoms with E-state index in [0.29, 0.717) is 29.1 Å². The molecule has 30 heavy (non-hydrogen) atoms. The molecule has 0 radical (unpaired) electrons. The molecule has 0 aliphatic rings. The van der Waals surface area contributed by atoms with Gasteiger partial charge in [-0.2, -0.15) is 0 Å². The molecule has 1 atom stereocenters. The molecule has 0 bridgehead atoms. The number of carbonyl (C=O) groups excluding carboxylic acids is 3. The molecule has 0 aliphatic carbocycles.